The van der Waals surface area contributed by atoms with Crippen LogP contribution in [0.2, 0.25) is 10.0 Å². The first kappa shape index (κ1) is 25.6. The third kappa shape index (κ3) is 7.01. The molecule has 0 aromatic heterocycles. The number of halogens is 3. The second-order valence-corrected chi connectivity index (χ2v) is 10.1. The van der Waals surface area contributed by atoms with E-state index in [1.165, 1.54) is 25.6 Å². The summed E-state index contributed by atoms with van der Waals surface area (Å²) in [5.41, 5.74) is 2.10. The number of nitrogens with one attached hydrogen (secondary N) is 2. The van der Waals surface area contributed by atoms with E-state index in [1.807, 2.05) is 0 Å². The molecule has 2 aromatic carbocycles. The van der Waals surface area contributed by atoms with Crippen LogP contribution in [0, 0.1) is 5.82 Å². The monoisotopic (exact) mass is 525 g/mol. The molecule has 5 rings (SSSR count). The summed E-state index contributed by atoms with van der Waals surface area (Å²) in [4.78, 5) is 14.2. The van der Waals surface area contributed by atoms with E-state index in [9.17, 15) is 9.18 Å². The maximum absolute atomic E-state index is 14.5. The molecule has 0 radical (unpaired) electrons. The van der Waals surface area contributed by atoms with E-state index in [1.54, 1.807) is 24.3 Å². The minimum atomic E-state index is -0.511. The Labute approximate surface area is 215 Å². The highest BCUT2D eigenvalue weighted by molar-refractivity contribution is 7.78. The molecule has 0 atom stereocenters. The van der Waals surface area contributed by atoms with E-state index in [2.05, 4.69) is 27.8 Å². The van der Waals surface area contributed by atoms with Crippen molar-refractivity contribution in [1.29, 1.82) is 0 Å². The van der Waals surface area contributed by atoms with Crippen molar-refractivity contribution in [3.8, 4) is 5.75 Å². The molecule has 5 nitrogen and oxygen atoms in total. The number of rotatable bonds is 6. The van der Waals surface area contributed by atoms with Crippen molar-refractivity contribution in [2.75, 3.05) is 26.2 Å². The van der Waals surface area contributed by atoms with Crippen molar-refractivity contribution >= 4 is 41.9 Å². The van der Waals surface area contributed by atoms with Gasteiger partial charge in [-0.15, -0.1) is 0 Å². The number of carbonyl (C=O) groups is 1. The Morgan fingerprint density at radius 2 is 1.71 bits per heavy atom. The Kier molecular flexibility index (Phi) is 8.99. The number of likely N-dealkylation sites (tertiary alicyclic amines) is 1. The summed E-state index contributed by atoms with van der Waals surface area (Å²) in [5.74, 6) is 0.0861. The highest BCUT2D eigenvalue weighted by Crippen LogP contribution is 2.43. The summed E-state index contributed by atoms with van der Waals surface area (Å²) in [6, 6.07) is 8.44. The molecule has 0 bridgehead atoms. The van der Waals surface area contributed by atoms with Gasteiger partial charge in [0, 0.05) is 29.7 Å². The second kappa shape index (κ2) is 12.0. The van der Waals surface area contributed by atoms with Crippen LogP contribution in [-0.4, -0.2) is 43.1 Å². The highest BCUT2D eigenvalue weighted by Gasteiger charge is 2.30. The summed E-state index contributed by atoms with van der Waals surface area (Å²) >= 11 is 15.9. The number of thiol groups is 1. The van der Waals surface area contributed by atoms with Crippen LogP contribution in [0.3, 0.4) is 0 Å². The van der Waals surface area contributed by atoms with E-state index in [0.29, 0.717) is 28.3 Å². The van der Waals surface area contributed by atoms with E-state index in [4.69, 9.17) is 27.9 Å². The van der Waals surface area contributed by atoms with E-state index >= 15 is 0 Å². The number of benzene rings is 2. The first-order valence-corrected chi connectivity index (χ1v) is 13.0. The summed E-state index contributed by atoms with van der Waals surface area (Å²) in [6.45, 7) is 4.87. The van der Waals surface area contributed by atoms with Crippen molar-refractivity contribution in [2.45, 2.75) is 50.7 Å². The third-order valence-corrected chi connectivity index (χ3v) is 7.01. The molecule has 2 N–H and O–H groups in total. The molecular formula is C25H30Cl2FN3O2S. The molecule has 2 aromatic rings. The summed E-state index contributed by atoms with van der Waals surface area (Å²) in [7, 11) is 0. The number of ether oxygens (including phenoxy) is 1. The predicted octanol–water partition coefficient (Wildman–Crippen LogP) is 5.61. The Morgan fingerprint density at radius 1 is 1.09 bits per heavy atom. The lowest BCUT2D eigenvalue weighted by Gasteiger charge is -2.32. The summed E-state index contributed by atoms with van der Waals surface area (Å²) < 4.78 is 22.8. The molecule has 2 saturated heterocycles. The van der Waals surface area contributed by atoms with Gasteiger partial charge in [-0.1, -0.05) is 36.0 Å². The van der Waals surface area contributed by atoms with Crippen molar-refractivity contribution in [3.05, 3.63) is 62.9 Å². The lowest BCUT2D eigenvalue weighted by Crippen LogP contribution is -2.38. The zero-order valence-electron chi connectivity index (χ0n) is 19.0. The van der Waals surface area contributed by atoms with Crippen molar-refractivity contribution in [3.63, 3.8) is 0 Å². The first-order valence-electron chi connectivity index (χ1n) is 11.8. The molecule has 1 amide bonds. The Morgan fingerprint density at radius 3 is 2.24 bits per heavy atom. The Bertz CT molecular complexity index is 986. The number of hydrogen-bond acceptors (Lipinski definition) is 5. The quantitative estimate of drug-likeness (QED) is 0.429. The van der Waals surface area contributed by atoms with Gasteiger partial charge in [-0.25, -0.2) is 4.39 Å². The fraction of sp³-hybridized carbons (Fsp3) is 0.480. The van der Waals surface area contributed by atoms with Crippen molar-refractivity contribution in [2.24, 2.45) is 0 Å². The molecule has 0 unspecified atom stereocenters. The van der Waals surface area contributed by atoms with E-state index < -0.39 is 11.7 Å². The predicted molar refractivity (Wildman–Crippen MR) is 138 cm³/mol. The molecule has 3 aliphatic rings. The van der Waals surface area contributed by atoms with E-state index in [0.717, 1.165) is 49.9 Å². The number of nitrogens with zero attached hydrogens (tertiary/aromatic N) is 1. The van der Waals surface area contributed by atoms with Crippen LogP contribution in [0.4, 0.5) is 4.39 Å². The van der Waals surface area contributed by atoms with Gasteiger partial charge in [-0.05, 0) is 92.6 Å². The fourth-order valence-corrected chi connectivity index (χ4v) is 4.80. The largest absolute Gasteiger partial charge is 0.490 e. The van der Waals surface area contributed by atoms with Crippen LogP contribution in [0.25, 0.3) is 0 Å². The van der Waals surface area contributed by atoms with Gasteiger partial charge < -0.3 is 10.1 Å². The minimum absolute atomic E-state index is 0.0583. The van der Waals surface area contributed by atoms with Crippen molar-refractivity contribution < 1.29 is 13.9 Å². The SMILES string of the molecule is C1CNC1.O=C(NS)c1cc(C2CC2)c(CN2CCC(Oc3cc(Cl)cc(Cl)c3)CC2)cc1F. The lowest BCUT2D eigenvalue weighted by atomic mass is 9.97. The van der Waals surface area contributed by atoms with Gasteiger partial charge in [0.2, 0.25) is 0 Å². The van der Waals surface area contributed by atoms with Crippen LogP contribution in [0.15, 0.2) is 30.3 Å². The van der Waals surface area contributed by atoms with Crippen LogP contribution in [0.1, 0.15) is 59.5 Å². The zero-order chi connectivity index (χ0) is 24.1. The molecule has 184 valence electrons. The normalized spacial score (nSPS) is 18.5. The summed E-state index contributed by atoms with van der Waals surface area (Å²) in [5, 5.41) is 4.22. The van der Waals surface area contributed by atoms with E-state index in [-0.39, 0.29) is 11.7 Å². The van der Waals surface area contributed by atoms with Gasteiger partial charge in [0.25, 0.3) is 5.91 Å². The van der Waals surface area contributed by atoms with Gasteiger partial charge in [-0.3, -0.25) is 14.4 Å². The molecule has 3 fully saturated rings. The molecule has 1 saturated carbocycles. The average molecular weight is 527 g/mol. The average Bonchev–Trinajstić information content (AvgIpc) is 3.58. The standard InChI is InChI=1S/C22H23Cl2FN2O2S.C3H7N/c23-15-8-16(24)10-18(9-15)29-17-3-5-27(6-4-17)12-14-7-21(25)20(22(28)26-30)11-19(14)13-1-2-13;1-2-4-3-1/h7-11,13,17,30H,1-6,12H2,(H,26,28);4H,1-3H2. The molecule has 2 heterocycles. The summed E-state index contributed by atoms with van der Waals surface area (Å²) in [6.07, 6.45) is 5.38. The Hall–Kier alpha value is -1.51. The van der Waals surface area contributed by atoms with Gasteiger partial charge in [-0.2, -0.15) is 0 Å². The molecule has 2 aliphatic heterocycles. The number of piperidine rings is 1. The third-order valence-electron chi connectivity index (χ3n) is 6.37. The molecule has 0 spiro atoms. The lowest BCUT2D eigenvalue weighted by molar-refractivity contribution is 0.0962. The smallest absolute Gasteiger partial charge is 0.263 e. The fourth-order valence-electron chi connectivity index (χ4n) is 4.17. The van der Waals surface area contributed by atoms with Crippen molar-refractivity contribution in [1.82, 2.24) is 14.9 Å². The van der Waals surface area contributed by atoms with Crippen LogP contribution in [-0.2, 0) is 6.54 Å². The number of carbonyl (C=O) groups excluding carboxylic acids is 1. The number of amides is 1. The topological polar surface area (TPSA) is 53.6 Å². The second-order valence-electron chi connectivity index (χ2n) is 9.05. The maximum atomic E-state index is 14.5. The van der Waals surface area contributed by atoms with Gasteiger partial charge in [0.1, 0.15) is 17.7 Å². The molecule has 34 heavy (non-hydrogen) atoms. The van der Waals surface area contributed by atoms with Gasteiger partial charge >= 0.3 is 0 Å². The molecule has 1 aliphatic carbocycles. The maximum Gasteiger partial charge on any atom is 0.263 e. The zero-order valence-corrected chi connectivity index (χ0v) is 21.4. The Balaban J connectivity index is 0.000000620. The highest BCUT2D eigenvalue weighted by atomic mass is 35.5. The van der Waals surface area contributed by atoms with Gasteiger partial charge in [0.05, 0.1) is 5.56 Å². The van der Waals surface area contributed by atoms with Gasteiger partial charge in [0.15, 0.2) is 0 Å². The minimum Gasteiger partial charge on any atom is -0.490 e. The first-order chi connectivity index (χ1) is 16.4. The molecular weight excluding hydrogens is 496 g/mol. The van der Waals surface area contributed by atoms with Crippen LogP contribution < -0.4 is 14.8 Å². The molecule has 9 heteroatoms. The van der Waals surface area contributed by atoms with Crippen LogP contribution in [0.5, 0.6) is 5.75 Å². The number of hydrogen-bond donors (Lipinski definition) is 3. The van der Waals surface area contributed by atoms with Crippen LogP contribution >= 0.6 is 36.0 Å².